The summed E-state index contributed by atoms with van der Waals surface area (Å²) in [6.07, 6.45) is 0. The van der Waals surface area contributed by atoms with Gasteiger partial charge in [-0.25, -0.2) is 0 Å². The smallest absolute Gasteiger partial charge is 0.759 e. The Labute approximate surface area is 91.9 Å². The van der Waals surface area contributed by atoms with Gasteiger partial charge in [-0.2, -0.15) is 0 Å². The molecule has 12 N–H and O–H groups in total. The fourth-order valence-corrected chi connectivity index (χ4v) is 0. The minimum absolute atomic E-state index is 0. The molecule has 0 saturated heterocycles. The molecule has 0 spiro atoms. The summed E-state index contributed by atoms with van der Waals surface area (Å²) in [4.78, 5) is 0. The van der Waals surface area contributed by atoms with E-state index < -0.39 is 10.4 Å². The van der Waals surface area contributed by atoms with E-state index in [1.807, 2.05) is 0 Å². The summed E-state index contributed by atoms with van der Waals surface area (Å²) in [5.41, 5.74) is 9.81. The molecule has 0 amide bonds. The predicted octanol–water partition coefficient (Wildman–Crippen LogP) is -5.74. The second kappa shape index (κ2) is 29.2. The summed E-state index contributed by atoms with van der Waals surface area (Å²) in [6.45, 7) is 1.19. The van der Waals surface area contributed by atoms with Crippen molar-refractivity contribution in [1.29, 1.82) is 0 Å². The topological polar surface area (TPSA) is 258 Å². The molecule has 14 heavy (non-hydrogen) atoms. The van der Waals surface area contributed by atoms with Crippen molar-refractivity contribution in [1.82, 2.24) is 0 Å². The molecule has 0 aromatic carbocycles. The first kappa shape index (κ1) is 47.9. The fraction of sp³-hybridized carbons (Fsp3) is 1.00. The summed E-state index contributed by atoms with van der Waals surface area (Å²) >= 11 is 0. The molecule has 0 unspecified atom stereocenters. The molecule has 0 heterocycles. The molecule has 0 radical (unpaired) electrons. The largest absolute Gasteiger partial charge is 2.00 e. The van der Waals surface area contributed by atoms with E-state index in [1.165, 1.54) is 0 Å². The van der Waals surface area contributed by atoms with E-state index in [2.05, 4.69) is 0 Å². The summed E-state index contributed by atoms with van der Waals surface area (Å²) in [6, 6.07) is 0. The average molecular weight is 284 g/mol. The molecule has 12 heteroatoms. The van der Waals surface area contributed by atoms with Crippen molar-refractivity contribution in [2.45, 2.75) is 0 Å². The van der Waals surface area contributed by atoms with Gasteiger partial charge in [0.05, 0.1) is 0 Å². The second-order valence-electron chi connectivity index (χ2n) is 0.986. The van der Waals surface area contributed by atoms with Gasteiger partial charge in [-0.15, -0.1) is 0 Å². The molecule has 0 aliphatic rings. The molecular weight excluding hydrogens is 268 g/mol. The van der Waals surface area contributed by atoms with Crippen LogP contribution in [0.25, 0.3) is 0 Å². The van der Waals surface area contributed by atoms with Gasteiger partial charge < -0.3 is 42.5 Å². The maximum absolute atomic E-state index is 8.52. The molecule has 0 aliphatic heterocycles. The molecule has 0 atom stereocenters. The Morgan fingerprint density at radius 3 is 0.929 bits per heavy atom. The molecule has 0 fully saturated rings. The molecule has 0 saturated carbocycles. The van der Waals surface area contributed by atoms with Crippen LogP contribution in [0.5, 0.6) is 0 Å². The van der Waals surface area contributed by atoms with Crippen LogP contribution in [-0.2, 0) is 27.5 Å². The number of rotatable bonds is 1. The minimum Gasteiger partial charge on any atom is -0.759 e. The van der Waals surface area contributed by atoms with E-state index in [-0.39, 0.29) is 39.0 Å². The van der Waals surface area contributed by atoms with Crippen molar-refractivity contribution in [3.05, 3.63) is 0 Å². The Kier molecular flexibility index (Phi) is 99.9. The molecule has 0 aromatic rings. The van der Waals surface area contributed by atoms with E-state index in [1.54, 1.807) is 0 Å². The SMILES string of the molecule is NCCN.O.O.O.O.O=S(=O)([O-])[O-].[Fe+2]. The van der Waals surface area contributed by atoms with Crippen molar-refractivity contribution in [2.75, 3.05) is 13.1 Å². The van der Waals surface area contributed by atoms with Gasteiger partial charge in [0, 0.05) is 23.5 Å². The molecular formula is C2H16FeN2O8S. The zero-order valence-electron chi connectivity index (χ0n) is 6.96. The number of nitrogens with two attached hydrogens (primary N) is 2. The van der Waals surface area contributed by atoms with E-state index in [0.717, 1.165) is 0 Å². The number of hydrogen-bond acceptors (Lipinski definition) is 6. The van der Waals surface area contributed by atoms with Crippen molar-refractivity contribution >= 4 is 10.4 Å². The zero-order chi connectivity index (χ0) is 7.91. The van der Waals surface area contributed by atoms with E-state index >= 15 is 0 Å². The second-order valence-corrected chi connectivity index (χ2v) is 1.80. The first-order valence-electron chi connectivity index (χ1n) is 1.98. The summed E-state index contributed by atoms with van der Waals surface area (Å²) in [7, 11) is -5.17. The Hall–Kier alpha value is 0.149. The van der Waals surface area contributed by atoms with E-state index in [4.69, 9.17) is 29.0 Å². The average Bonchev–Trinajstić information content (AvgIpc) is 1.61. The van der Waals surface area contributed by atoms with Gasteiger partial charge in [0.1, 0.15) is 0 Å². The van der Waals surface area contributed by atoms with Gasteiger partial charge in [-0.3, -0.25) is 8.42 Å². The molecule has 96 valence electrons. The van der Waals surface area contributed by atoms with Crippen molar-refractivity contribution in [3.8, 4) is 0 Å². The van der Waals surface area contributed by atoms with E-state index in [0.29, 0.717) is 13.1 Å². The molecule has 10 nitrogen and oxygen atoms in total. The summed E-state index contributed by atoms with van der Waals surface area (Å²) < 4.78 is 34.1. The van der Waals surface area contributed by atoms with Crippen LogP contribution in [0.3, 0.4) is 0 Å². The standard InChI is InChI=1S/C2H8N2.Fe.H2O4S.4H2O/c3-1-2-4;;1-5(2,3)4;;;;/h1-4H2;;(H2,1,2,3,4);4*1H2/q;+2;;;;;/p-2. The van der Waals surface area contributed by atoms with Gasteiger partial charge >= 0.3 is 17.1 Å². The van der Waals surface area contributed by atoms with Crippen LogP contribution in [0.1, 0.15) is 0 Å². The van der Waals surface area contributed by atoms with Gasteiger partial charge in [0.25, 0.3) is 0 Å². The molecule has 0 aliphatic carbocycles. The van der Waals surface area contributed by atoms with Crippen LogP contribution in [0.2, 0.25) is 0 Å². The monoisotopic (exact) mass is 284 g/mol. The molecule has 0 bridgehead atoms. The van der Waals surface area contributed by atoms with Crippen LogP contribution in [0, 0.1) is 0 Å². The van der Waals surface area contributed by atoms with Crippen LogP contribution >= 0.6 is 0 Å². The Balaban J connectivity index is -0.0000000104. The number of hydrogen-bond donors (Lipinski definition) is 2. The van der Waals surface area contributed by atoms with Crippen LogP contribution in [0.15, 0.2) is 0 Å². The summed E-state index contributed by atoms with van der Waals surface area (Å²) in [5.74, 6) is 0. The first-order chi connectivity index (χ1) is 3.91. The zero-order valence-corrected chi connectivity index (χ0v) is 8.88. The third kappa shape index (κ3) is 1140. The van der Waals surface area contributed by atoms with Gasteiger partial charge in [-0.1, -0.05) is 0 Å². The minimum atomic E-state index is -5.17. The Bertz CT molecular complexity index is 128. The quantitative estimate of drug-likeness (QED) is 0.268. The normalized spacial score (nSPS) is 6.29. The van der Waals surface area contributed by atoms with Crippen LogP contribution in [-0.4, -0.2) is 52.5 Å². The van der Waals surface area contributed by atoms with Gasteiger partial charge in [0.15, 0.2) is 0 Å². The maximum atomic E-state index is 8.52. The van der Waals surface area contributed by atoms with Crippen molar-refractivity contribution in [2.24, 2.45) is 11.5 Å². The van der Waals surface area contributed by atoms with Crippen molar-refractivity contribution in [3.63, 3.8) is 0 Å². The fourth-order valence-electron chi connectivity index (χ4n) is 0. The third-order valence-electron chi connectivity index (χ3n) is 0.167. The predicted molar refractivity (Wildman–Crippen MR) is 43.0 cm³/mol. The van der Waals surface area contributed by atoms with Gasteiger partial charge in [-0.05, 0) is 0 Å². The Morgan fingerprint density at radius 1 is 0.857 bits per heavy atom. The first-order valence-corrected chi connectivity index (χ1v) is 3.32. The molecule has 0 aromatic heterocycles. The van der Waals surface area contributed by atoms with Crippen LogP contribution < -0.4 is 11.5 Å². The Morgan fingerprint density at radius 2 is 0.929 bits per heavy atom. The van der Waals surface area contributed by atoms with E-state index in [9.17, 15) is 0 Å². The van der Waals surface area contributed by atoms with Gasteiger partial charge in [0.2, 0.25) is 0 Å². The third-order valence-corrected chi connectivity index (χ3v) is 0.167. The van der Waals surface area contributed by atoms with Crippen molar-refractivity contribution < 1.29 is 56.5 Å². The molecule has 0 rings (SSSR count). The van der Waals surface area contributed by atoms with Crippen LogP contribution in [0.4, 0.5) is 0 Å². The summed E-state index contributed by atoms with van der Waals surface area (Å²) in [5, 5.41) is 0. The maximum Gasteiger partial charge on any atom is 2.00 e.